The molecule has 0 N–H and O–H groups in total. The lowest BCUT2D eigenvalue weighted by Gasteiger charge is -2.29. The lowest BCUT2D eigenvalue weighted by atomic mass is 10.3. The number of nitrogens with zero attached hydrogens (tertiary/aromatic N) is 3. The topological polar surface area (TPSA) is 38.4 Å². The number of rotatable bonds is 0. The second-order valence-electron chi connectivity index (χ2n) is 3.90. The average Bonchev–Trinajstić information content (AvgIpc) is 2.64. The Bertz CT molecular complexity index is 367. The summed E-state index contributed by atoms with van der Waals surface area (Å²) in [6, 6.07) is 0.0192. The predicted molar refractivity (Wildman–Crippen MR) is 53.4 cm³/mol. The van der Waals surface area contributed by atoms with Crippen molar-refractivity contribution in [2.24, 2.45) is 7.05 Å². The summed E-state index contributed by atoms with van der Waals surface area (Å²) < 4.78 is 8.84. The van der Waals surface area contributed by atoms with Gasteiger partial charge in [0.25, 0.3) is 6.33 Å². The highest BCUT2D eigenvalue weighted by Crippen LogP contribution is 2.06. The highest BCUT2D eigenvalue weighted by molar-refractivity contribution is 5.76. The number of carbonyl (C=O) groups is 1. The normalized spacial score (nSPS) is 20.4. The van der Waals surface area contributed by atoms with Crippen molar-refractivity contribution < 1.29 is 38.1 Å². The van der Waals surface area contributed by atoms with Gasteiger partial charge in [0.05, 0.1) is 26.3 Å². The van der Waals surface area contributed by atoms with Crippen molar-refractivity contribution in [2.45, 2.75) is 13.0 Å². The first-order valence-electron chi connectivity index (χ1n) is 5.11. The summed E-state index contributed by atoms with van der Waals surface area (Å²) >= 11 is 0. The third kappa shape index (κ3) is 2.94. The minimum absolute atomic E-state index is 0. The van der Waals surface area contributed by atoms with Gasteiger partial charge in [-0.3, -0.25) is 4.90 Å². The summed E-state index contributed by atoms with van der Waals surface area (Å²) in [6.07, 6.45) is 5.51. The molecule has 1 saturated heterocycles. The van der Waals surface area contributed by atoms with Crippen molar-refractivity contribution in [3.63, 3.8) is 0 Å². The molecule has 0 aromatic carbocycles. The van der Waals surface area contributed by atoms with Gasteiger partial charge in [-0.15, -0.1) is 0 Å². The Balaban J connectivity index is 0.00000128. The Labute approximate surface area is 112 Å². The Morgan fingerprint density at radius 3 is 2.88 bits per heavy atom. The fraction of sp³-hybridized carbons (Fsp3) is 0.600. The molecule has 90 valence electrons. The molecule has 1 fully saturated rings. The van der Waals surface area contributed by atoms with Crippen LogP contribution in [-0.4, -0.2) is 41.3 Å². The van der Waals surface area contributed by atoms with Crippen LogP contribution in [0.15, 0.2) is 18.7 Å². The quantitative estimate of drug-likeness (QED) is 0.374. The number of hydrogen-bond donors (Lipinski definition) is 0. The van der Waals surface area contributed by atoms with E-state index in [4.69, 9.17) is 4.74 Å². The van der Waals surface area contributed by atoms with E-state index in [1.165, 1.54) is 0 Å². The zero-order chi connectivity index (χ0) is 10.8. The Hall–Kier alpha value is -0.630. The number of hydrogen-bond acceptors (Lipinski definition) is 2. The van der Waals surface area contributed by atoms with Crippen LogP contribution >= 0.6 is 0 Å². The number of morpholine rings is 1. The molecular formula is C10H16IN3O2. The predicted octanol–water partition coefficient (Wildman–Crippen LogP) is -2.99. The molecule has 2 heterocycles. The van der Waals surface area contributed by atoms with E-state index in [2.05, 4.69) is 0 Å². The van der Waals surface area contributed by atoms with Crippen LogP contribution < -0.4 is 28.5 Å². The van der Waals surface area contributed by atoms with Gasteiger partial charge >= 0.3 is 6.03 Å². The minimum atomic E-state index is 0. The molecule has 0 spiro atoms. The molecule has 1 unspecified atom stereocenters. The third-order valence-corrected chi connectivity index (χ3v) is 2.50. The van der Waals surface area contributed by atoms with Gasteiger partial charge in [-0.2, -0.15) is 4.57 Å². The first kappa shape index (κ1) is 13.4. The van der Waals surface area contributed by atoms with Crippen LogP contribution in [0.25, 0.3) is 0 Å². The molecule has 1 atom stereocenters. The number of ether oxygens (including phenoxy) is 1. The van der Waals surface area contributed by atoms with Crippen molar-refractivity contribution in [3.8, 4) is 0 Å². The fourth-order valence-electron chi connectivity index (χ4n) is 1.72. The van der Waals surface area contributed by atoms with Crippen molar-refractivity contribution in [1.29, 1.82) is 0 Å². The number of amides is 1. The van der Waals surface area contributed by atoms with Gasteiger partial charge in [0.15, 0.2) is 0 Å². The summed E-state index contributed by atoms with van der Waals surface area (Å²) in [5.41, 5.74) is 0. The van der Waals surface area contributed by atoms with Crippen LogP contribution in [0.3, 0.4) is 0 Å². The molecule has 1 aliphatic rings. The highest BCUT2D eigenvalue weighted by atomic mass is 127. The summed E-state index contributed by atoms with van der Waals surface area (Å²) in [5, 5.41) is 0. The SMILES string of the molecule is CC1CN(C(=O)n2cc[n+](C)c2)CCO1.[I-]. The maximum absolute atomic E-state index is 12.0. The minimum Gasteiger partial charge on any atom is -1.00 e. The van der Waals surface area contributed by atoms with Gasteiger partial charge in [-0.1, -0.05) is 0 Å². The molecule has 1 aromatic heterocycles. The maximum Gasteiger partial charge on any atom is 0.415 e. The molecule has 5 nitrogen and oxygen atoms in total. The smallest absolute Gasteiger partial charge is 0.415 e. The van der Waals surface area contributed by atoms with E-state index in [1.54, 1.807) is 17.1 Å². The molecular weight excluding hydrogens is 321 g/mol. The summed E-state index contributed by atoms with van der Waals surface area (Å²) in [7, 11) is 1.89. The number of aromatic nitrogens is 2. The zero-order valence-electron chi connectivity index (χ0n) is 9.47. The van der Waals surface area contributed by atoms with Crippen molar-refractivity contribution in [2.75, 3.05) is 19.7 Å². The van der Waals surface area contributed by atoms with Gasteiger partial charge in [-0.05, 0) is 6.92 Å². The summed E-state index contributed by atoms with van der Waals surface area (Å²) in [5.74, 6) is 0. The van der Waals surface area contributed by atoms with Gasteiger partial charge in [0, 0.05) is 6.54 Å². The highest BCUT2D eigenvalue weighted by Gasteiger charge is 2.25. The zero-order valence-corrected chi connectivity index (χ0v) is 11.6. The molecule has 0 saturated carbocycles. The summed E-state index contributed by atoms with van der Waals surface area (Å²) in [6.45, 7) is 3.95. The molecule has 1 aliphatic heterocycles. The van der Waals surface area contributed by atoms with Crippen LogP contribution in [-0.2, 0) is 11.8 Å². The Morgan fingerprint density at radius 2 is 2.31 bits per heavy atom. The molecule has 6 heteroatoms. The first-order chi connectivity index (χ1) is 7.16. The molecule has 0 aliphatic carbocycles. The Kier molecular flexibility index (Phi) is 4.72. The average molecular weight is 337 g/mol. The van der Waals surface area contributed by atoms with Crippen molar-refractivity contribution >= 4 is 6.03 Å². The van der Waals surface area contributed by atoms with Gasteiger partial charge < -0.3 is 28.7 Å². The van der Waals surface area contributed by atoms with Crippen LogP contribution in [0.1, 0.15) is 6.92 Å². The van der Waals surface area contributed by atoms with E-state index in [-0.39, 0.29) is 36.1 Å². The van der Waals surface area contributed by atoms with Gasteiger partial charge in [0.2, 0.25) is 0 Å². The third-order valence-electron chi connectivity index (χ3n) is 2.50. The number of imidazole rings is 1. The van der Waals surface area contributed by atoms with Gasteiger partial charge in [0.1, 0.15) is 12.4 Å². The standard InChI is InChI=1S/C10H16N3O2.HI/c1-9-7-12(5-6-15-9)10(14)13-4-3-11(2)8-13;/h3-4,8-9H,5-7H2,1-2H3;1H/q+1;/p-1. The van der Waals surface area contributed by atoms with Crippen LogP contribution in [0, 0.1) is 0 Å². The van der Waals surface area contributed by atoms with Gasteiger partial charge in [-0.25, -0.2) is 9.36 Å². The molecule has 1 amide bonds. The van der Waals surface area contributed by atoms with Crippen LogP contribution in [0.4, 0.5) is 4.79 Å². The molecule has 1 aromatic rings. The number of aryl methyl sites for hydroxylation is 1. The lowest BCUT2D eigenvalue weighted by Crippen LogP contribution is -3.00. The van der Waals surface area contributed by atoms with E-state index < -0.39 is 0 Å². The molecule has 16 heavy (non-hydrogen) atoms. The molecule has 0 bridgehead atoms. The second kappa shape index (κ2) is 5.62. The number of halogens is 1. The maximum atomic E-state index is 12.0. The lowest BCUT2D eigenvalue weighted by molar-refractivity contribution is -0.670. The second-order valence-corrected chi connectivity index (χ2v) is 3.90. The monoisotopic (exact) mass is 337 g/mol. The van der Waals surface area contributed by atoms with Crippen molar-refractivity contribution in [1.82, 2.24) is 9.47 Å². The van der Waals surface area contributed by atoms with Crippen molar-refractivity contribution in [3.05, 3.63) is 18.7 Å². The van der Waals surface area contributed by atoms with E-state index >= 15 is 0 Å². The van der Waals surface area contributed by atoms with Crippen LogP contribution in [0.2, 0.25) is 0 Å². The number of carbonyl (C=O) groups excluding carboxylic acids is 1. The largest absolute Gasteiger partial charge is 1.00 e. The van der Waals surface area contributed by atoms with E-state index in [0.29, 0.717) is 19.7 Å². The van der Waals surface area contributed by atoms with E-state index in [9.17, 15) is 4.79 Å². The van der Waals surface area contributed by atoms with E-state index in [0.717, 1.165) is 0 Å². The van der Waals surface area contributed by atoms with Crippen LogP contribution in [0.5, 0.6) is 0 Å². The molecule has 2 rings (SSSR count). The fourth-order valence-corrected chi connectivity index (χ4v) is 1.72. The Morgan fingerprint density at radius 1 is 1.56 bits per heavy atom. The summed E-state index contributed by atoms with van der Waals surface area (Å²) in [4.78, 5) is 13.8. The molecule has 0 radical (unpaired) electrons. The first-order valence-corrected chi connectivity index (χ1v) is 5.11. The van der Waals surface area contributed by atoms with E-state index in [1.807, 2.05) is 29.6 Å².